The van der Waals surface area contributed by atoms with Crippen LogP contribution < -0.4 is 10.1 Å². The van der Waals surface area contributed by atoms with Crippen LogP contribution in [0.4, 0.5) is 18.9 Å². The molecular weight excluding hydrogens is 475 g/mol. The SMILES string of the molecule is C=CCCN(CCC)CCCC(C)CN(CC(C)C)C(=CC)/C=C(/C)Nc1ccc(OC(F)(F)F)cc1. The third-order valence-electron chi connectivity index (χ3n) is 5.93. The molecule has 1 aromatic rings. The zero-order chi connectivity index (χ0) is 27.8. The standard InChI is InChI=1S/C30H48F3N3O/c1-8-11-19-35(18-9-2)20-12-13-25(6)23-36(22-24(4)5)28(10-3)21-26(7)34-27-14-16-29(17-15-27)37-30(31,32)33/h8,10,14-17,21,24-25,34H,1,9,11-13,18-20,22-23H2,2-7H3/b26-21-,28-10?. The highest BCUT2D eigenvalue weighted by atomic mass is 19.4. The number of benzene rings is 1. The predicted octanol–water partition coefficient (Wildman–Crippen LogP) is 8.47. The van der Waals surface area contributed by atoms with Gasteiger partial charge in [0.2, 0.25) is 0 Å². The number of anilines is 1. The number of hydrogen-bond acceptors (Lipinski definition) is 4. The normalized spacial score (nSPS) is 13.7. The minimum atomic E-state index is -4.69. The molecule has 4 nitrogen and oxygen atoms in total. The van der Waals surface area contributed by atoms with Crippen molar-refractivity contribution in [3.05, 3.63) is 60.5 Å². The zero-order valence-electron chi connectivity index (χ0n) is 23.7. The van der Waals surface area contributed by atoms with Crippen molar-refractivity contribution < 1.29 is 17.9 Å². The van der Waals surface area contributed by atoms with Crippen LogP contribution in [0.1, 0.15) is 67.2 Å². The third-order valence-corrected chi connectivity index (χ3v) is 5.93. The largest absolute Gasteiger partial charge is 0.573 e. The summed E-state index contributed by atoms with van der Waals surface area (Å²) in [7, 11) is 0. The number of ether oxygens (including phenoxy) is 1. The molecule has 0 aliphatic rings. The topological polar surface area (TPSA) is 27.7 Å². The summed E-state index contributed by atoms with van der Waals surface area (Å²) in [4.78, 5) is 4.99. The Morgan fingerprint density at radius 2 is 1.76 bits per heavy atom. The van der Waals surface area contributed by atoms with Crippen molar-refractivity contribution in [3.8, 4) is 5.75 Å². The van der Waals surface area contributed by atoms with E-state index in [4.69, 9.17) is 0 Å². The molecule has 1 rings (SSSR count). The van der Waals surface area contributed by atoms with Crippen LogP contribution in [0, 0.1) is 11.8 Å². The number of nitrogens with one attached hydrogen (secondary N) is 1. The maximum atomic E-state index is 12.4. The molecule has 0 radical (unpaired) electrons. The fourth-order valence-corrected chi connectivity index (χ4v) is 4.37. The van der Waals surface area contributed by atoms with E-state index in [9.17, 15) is 13.2 Å². The molecule has 0 aliphatic carbocycles. The molecule has 0 heterocycles. The van der Waals surface area contributed by atoms with Gasteiger partial charge in [0.25, 0.3) is 0 Å². The molecule has 37 heavy (non-hydrogen) atoms. The van der Waals surface area contributed by atoms with Crippen LogP contribution in [0.2, 0.25) is 0 Å². The summed E-state index contributed by atoms with van der Waals surface area (Å²) in [5.41, 5.74) is 2.76. The van der Waals surface area contributed by atoms with E-state index in [2.05, 4.69) is 66.3 Å². The van der Waals surface area contributed by atoms with Gasteiger partial charge < -0.3 is 19.9 Å². The molecule has 0 bridgehead atoms. The Morgan fingerprint density at radius 1 is 1.08 bits per heavy atom. The first-order chi connectivity index (χ1) is 17.5. The van der Waals surface area contributed by atoms with Crippen molar-refractivity contribution in [1.82, 2.24) is 9.80 Å². The fraction of sp³-hybridized carbons (Fsp3) is 0.600. The first-order valence-electron chi connectivity index (χ1n) is 13.5. The van der Waals surface area contributed by atoms with Crippen molar-refractivity contribution >= 4 is 5.69 Å². The molecule has 0 saturated carbocycles. The van der Waals surface area contributed by atoms with Crippen molar-refractivity contribution in [2.75, 3.05) is 38.0 Å². The van der Waals surface area contributed by atoms with Gasteiger partial charge in [0, 0.05) is 36.7 Å². The van der Waals surface area contributed by atoms with E-state index >= 15 is 0 Å². The Balaban J connectivity index is 2.78. The van der Waals surface area contributed by atoms with E-state index in [1.807, 2.05) is 19.9 Å². The molecule has 0 saturated heterocycles. The second-order valence-electron chi connectivity index (χ2n) is 10.2. The van der Waals surface area contributed by atoms with E-state index < -0.39 is 6.36 Å². The van der Waals surface area contributed by atoms with Gasteiger partial charge in [0.15, 0.2) is 0 Å². The summed E-state index contributed by atoms with van der Waals surface area (Å²) in [6, 6.07) is 5.79. The predicted molar refractivity (Wildman–Crippen MR) is 151 cm³/mol. The molecule has 0 fully saturated rings. The molecule has 0 aromatic heterocycles. The first kappa shape index (κ1) is 32.6. The molecule has 0 aliphatic heterocycles. The molecule has 1 N–H and O–H groups in total. The number of allylic oxidation sites excluding steroid dienone is 3. The Morgan fingerprint density at radius 3 is 2.30 bits per heavy atom. The number of halogens is 3. The molecule has 7 heteroatoms. The van der Waals surface area contributed by atoms with E-state index in [1.54, 1.807) is 12.1 Å². The van der Waals surface area contributed by atoms with Crippen LogP contribution in [0.25, 0.3) is 0 Å². The Hall–Kier alpha value is -2.41. The lowest BCUT2D eigenvalue weighted by atomic mass is 10.0. The quantitative estimate of drug-likeness (QED) is 0.154. The van der Waals surface area contributed by atoms with Crippen LogP contribution in [0.3, 0.4) is 0 Å². The van der Waals surface area contributed by atoms with Gasteiger partial charge in [-0.1, -0.05) is 39.8 Å². The molecule has 1 atom stereocenters. The van der Waals surface area contributed by atoms with Gasteiger partial charge in [-0.25, -0.2) is 0 Å². The summed E-state index contributed by atoms with van der Waals surface area (Å²) in [5.74, 6) is 0.841. The lowest BCUT2D eigenvalue weighted by Gasteiger charge is -2.31. The Kier molecular flexibility index (Phi) is 15.1. The highest BCUT2D eigenvalue weighted by molar-refractivity contribution is 5.51. The lowest BCUT2D eigenvalue weighted by Crippen LogP contribution is -2.32. The number of rotatable bonds is 18. The second kappa shape index (κ2) is 17.2. The van der Waals surface area contributed by atoms with Crippen LogP contribution in [-0.4, -0.2) is 48.9 Å². The van der Waals surface area contributed by atoms with Gasteiger partial charge in [0.1, 0.15) is 5.75 Å². The molecule has 210 valence electrons. The van der Waals surface area contributed by atoms with Crippen molar-refractivity contribution in [2.24, 2.45) is 11.8 Å². The zero-order valence-corrected chi connectivity index (χ0v) is 23.7. The smallest absolute Gasteiger partial charge is 0.406 e. The molecule has 1 aromatic carbocycles. The van der Waals surface area contributed by atoms with Gasteiger partial charge in [-0.05, 0) is 94.8 Å². The summed E-state index contributed by atoms with van der Waals surface area (Å²) in [6.07, 6.45) is 6.10. The minimum absolute atomic E-state index is 0.232. The van der Waals surface area contributed by atoms with Crippen LogP contribution in [0.5, 0.6) is 5.75 Å². The Bertz CT molecular complexity index is 831. The average Bonchev–Trinajstić information content (AvgIpc) is 2.80. The van der Waals surface area contributed by atoms with Crippen molar-refractivity contribution in [3.63, 3.8) is 0 Å². The van der Waals surface area contributed by atoms with Gasteiger partial charge in [-0.3, -0.25) is 0 Å². The number of nitrogens with zero attached hydrogens (tertiary/aromatic N) is 2. The molecule has 0 amide bonds. The summed E-state index contributed by atoms with van der Waals surface area (Å²) in [5, 5.41) is 3.28. The van der Waals surface area contributed by atoms with Crippen molar-refractivity contribution in [1.29, 1.82) is 0 Å². The van der Waals surface area contributed by atoms with E-state index in [-0.39, 0.29) is 5.75 Å². The molecule has 1 unspecified atom stereocenters. The second-order valence-corrected chi connectivity index (χ2v) is 10.2. The van der Waals surface area contributed by atoms with Gasteiger partial charge in [0.05, 0.1) is 0 Å². The van der Waals surface area contributed by atoms with E-state index in [0.717, 1.165) is 50.5 Å². The van der Waals surface area contributed by atoms with Gasteiger partial charge in [-0.2, -0.15) is 0 Å². The van der Waals surface area contributed by atoms with Crippen LogP contribution >= 0.6 is 0 Å². The third kappa shape index (κ3) is 14.8. The maximum absolute atomic E-state index is 12.4. The van der Waals surface area contributed by atoms with Crippen LogP contribution in [0.15, 0.2) is 60.5 Å². The van der Waals surface area contributed by atoms with Gasteiger partial charge >= 0.3 is 6.36 Å². The number of hydrogen-bond donors (Lipinski definition) is 1. The average molecular weight is 524 g/mol. The monoisotopic (exact) mass is 523 g/mol. The summed E-state index contributed by atoms with van der Waals surface area (Å²) in [6.45, 7) is 22.2. The lowest BCUT2D eigenvalue weighted by molar-refractivity contribution is -0.274. The number of alkyl halides is 3. The van der Waals surface area contributed by atoms with E-state index in [0.29, 0.717) is 17.5 Å². The highest BCUT2D eigenvalue weighted by Crippen LogP contribution is 2.25. The maximum Gasteiger partial charge on any atom is 0.573 e. The molecule has 0 spiro atoms. The van der Waals surface area contributed by atoms with Gasteiger partial charge in [-0.15, -0.1) is 19.8 Å². The van der Waals surface area contributed by atoms with Crippen LogP contribution in [-0.2, 0) is 0 Å². The summed E-state index contributed by atoms with van der Waals surface area (Å²) < 4.78 is 41.2. The Labute approximate surface area is 223 Å². The van der Waals surface area contributed by atoms with E-state index in [1.165, 1.54) is 31.4 Å². The summed E-state index contributed by atoms with van der Waals surface area (Å²) >= 11 is 0. The van der Waals surface area contributed by atoms with Crippen molar-refractivity contribution in [2.45, 2.75) is 73.6 Å². The molecular formula is C30H48F3N3O. The fourth-order valence-electron chi connectivity index (χ4n) is 4.37. The highest BCUT2D eigenvalue weighted by Gasteiger charge is 2.30. The first-order valence-corrected chi connectivity index (χ1v) is 13.5. The minimum Gasteiger partial charge on any atom is -0.406 e.